The molecule has 196 valence electrons. The lowest BCUT2D eigenvalue weighted by atomic mass is 9.80. The second-order valence-electron chi connectivity index (χ2n) is 10.9. The van der Waals surface area contributed by atoms with E-state index >= 15 is 0 Å². The van der Waals surface area contributed by atoms with E-state index in [4.69, 9.17) is 23.4 Å². The van der Waals surface area contributed by atoms with Crippen LogP contribution in [-0.4, -0.2) is 55.5 Å². The second kappa shape index (κ2) is 12.6. The van der Waals surface area contributed by atoms with Crippen LogP contribution in [0.2, 0.25) is 0 Å². The van der Waals surface area contributed by atoms with Crippen molar-refractivity contribution >= 4 is 6.29 Å². The highest BCUT2D eigenvalue weighted by molar-refractivity contribution is 5.50. The summed E-state index contributed by atoms with van der Waals surface area (Å²) in [7, 11) is 0. The molecule has 3 heterocycles. The summed E-state index contributed by atoms with van der Waals surface area (Å²) in [6, 6.07) is 3.89. The molecule has 35 heavy (non-hydrogen) atoms. The molecule has 0 amide bonds. The van der Waals surface area contributed by atoms with Crippen LogP contribution < -0.4 is 0 Å². The molecule has 3 aliphatic rings. The van der Waals surface area contributed by atoms with Crippen LogP contribution in [0, 0.1) is 17.3 Å². The van der Waals surface area contributed by atoms with Crippen LogP contribution in [-0.2, 0) is 30.2 Å². The maximum absolute atomic E-state index is 11.4. The molecule has 0 radical (unpaired) electrons. The third-order valence-electron chi connectivity index (χ3n) is 7.65. The normalized spacial score (nSPS) is 33.2. The van der Waals surface area contributed by atoms with E-state index in [1.807, 2.05) is 12.1 Å². The third kappa shape index (κ3) is 7.26. The van der Waals surface area contributed by atoms with E-state index in [1.165, 1.54) is 0 Å². The van der Waals surface area contributed by atoms with E-state index in [2.05, 4.69) is 26.0 Å². The van der Waals surface area contributed by atoms with Crippen LogP contribution in [0.15, 0.2) is 35.0 Å². The van der Waals surface area contributed by atoms with Gasteiger partial charge in [0.05, 0.1) is 24.6 Å². The Balaban J connectivity index is 1.53. The van der Waals surface area contributed by atoms with E-state index in [0.29, 0.717) is 32.5 Å². The summed E-state index contributed by atoms with van der Waals surface area (Å²) in [5.74, 6) is 0.628. The van der Waals surface area contributed by atoms with Crippen molar-refractivity contribution in [2.24, 2.45) is 17.3 Å². The zero-order valence-corrected chi connectivity index (χ0v) is 21.2. The SMILES string of the molecule is CC(C)(Cc1ccco1)C(/C=C/C1C(OC2CCCCO2)CC(O)C1CC=O)OC1CCCCO1. The van der Waals surface area contributed by atoms with E-state index in [0.717, 1.165) is 50.6 Å². The van der Waals surface area contributed by atoms with Gasteiger partial charge in [0.1, 0.15) is 12.0 Å². The van der Waals surface area contributed by atoms with Gasteiger partial charge in [-0.3, -0.25) is 0 Å². The lowest BCUT2D eigenvalue weighted by Gasteiger charge is -2.36. The summed E-state index contributed by atoms with van der Waals surface area (Å²) < 4.78 is 30.2. The molecule has 7 nitrogen and oxygen atoms in total. The molecule has 4 rings (SSSR count). The van der Waals surface area contributed by atoms with Crippen molar-refractivity contribution in [3.8, 4) is 0 Å². The van der Waals surface area contributed by atoms with Gasteiger partial charge in [-0.05, 0) is 50.7 Å². The van der Waals surface area contributed by atoms with E-state index < -0.39 is 6.10 Å². The molecule has 7 heteroatoms. The maximum atomic E-state index is 11.4. The molecule has 3 fully saturated rings. The molecule has 1 aromatic rings. The Morgan fingerprint density at radius 2 is 1.89 bits per heavy atom. The Kier molecular flexibility index (Phi) is 9.59. The van der Waals surface area contributed by atoms with Gasteiger partial charge in [0.25, 0.3) is 0 Å². The zero-order chi connectivity index (χ0) is 24.7. The fourth-order valence-corrected chi connectivity index (χ4v) is 5.62. The number of rotatable bonds is 11. The van der Waals surface area contributed by atoms with Gasteiger partial charge in [0.2, 0.25) is 0 Å². The molecule has 0 aromatic carbocycles. The van der Waals surface area contributed by atoms with Crippen LogP contribution in [0.4, 0.5) is 0 Å². The molecule has 1 aromatic heterocycles. The highest BCUT2D eigenvalue weighted by Gasteiger charge is 2.43. The minimum atomic E-state index is -0.583. The average molecular weight is 491 g/mol. The van der Waals surface area contributed by atoms with Crippen molar-refractivity contribution in [2.45, 2.75) is 103 Å². The first-order valence-corrected chi connectivity index (χ1v) is 13.3. The zero-order valence-electron chi connectivity index (χ0n) is 21.2. The maximum Gasteiger partial charge on any atom is 0.158 e. The first kappa shape index (κ1) is 26.6. The Hall–Kier alpha value is -1.51. The van der Waals surface area contributed by atoms with Gasteiger partial charge in [0.15, 0.2) is 12.6 Å². The first-order valence-electron chi connectivity index (χ1n) is 13.3. The number of aldehydes is 1. The Morgan fingerprint density at radius 1 is 1.14 bits per heavy atom. The molecular formula is C28H42O7. The van der Waals surface area contributed by atoms with Gasteiger partial charge in [0, 0.05) is 49.7 Å². The number of hydrogen-bond acceptors (Lipinski definition) is 7. The monoisotopic (exact) mass is 490 g/mol. The summed E-state index contributed by atoms with van der Waals surface area (Å²) in [6.07, 6.45) is 12.8. The Morgan fingerprint density at radius 3 is 2.51 bits per heavy atom. The largest absolute Gasteiger partial charge is 0.469 e. The summed E-state index contributed by atoms with van der Waals surface area (Å²) >= 11 is 0. The van der Waals surface area contributed by atoms with E-state index in [1.54, 1.807) is 6.26 Å². The van der Waals surface area contributed by atoms with Crippen LogP contribution in [0.3, 0.4) is 0 Å². The molecule has 0 bridgehead atoms. The predicted octanol–water partition coefficient (Wildman–Crippen LogP) is 4.81. The number of hydrogen-bond donors (Lipinski definition) is 1. The molecular weight excluding hydrogens is 448 g/mol. The minimum absolute atomic E-state index is 0.0986. The number of ether oxygens (including phenoxy) is 4. The molecule has 7 unspecified atom stereocenters. The van der Waals surface area contributed by atoms with Crippen molar-refractivity contribution in [2.75, 3.05) is 13.2 Å². The smallest absolute Gasteiger partial charge is 0.158 e. The van der Waals surface area contributed by atoms with Crippen LogP contribution >= 0.6 is 0 Å². The first-order chi connectivity index (χ1) is 17.0. The van der Waals surface area contributed by atoms with Crippen molar-refractivity contribution in [1.29, 1.82) is 0 Å². The summed E-state index contributed by atoms with van der Waals surface area (Å²) in [6.45, 7) is 5.76. The van der Waals surface area contributed by atoms with E-state index in [9.17, 15) is 9.90 Å². The third-order valence-corrected chi connectivity index (χ3v) is 7.65. The molecule has 1 N–H and O–H groups in total. The molecule has 2 aliphatic heterocycles. The van der Waals surface area contributed by atoms with Gasteiger partial charge >= 0.3 is 0 Å². The van der Waals surface area contributed by atoms with Crippen molar-refractivity contribution in [3.05, 3.63) is 36.3 Å². The highest BCUT2D eigenvalue weighted by Crippen LogP contribution is 2.40. The Bertz CT molecular complexity index is 777. The Labute approximate surface area is 209 Å². The topological polar surface area (TPSA) is 87.4 Å². The molecule has 2 saturated heterocycles. The van der Waals surface area contributed by atoms with Gasteiger partial charge in [-0.15, -0.1) is 0 Å². The number of carbonyl (C=O) groups is 1. The molecule has 7 atom stereocenters. The average Bonchev–Trinajstić information content (AvgIpc) is 3.45. The molecule has 1 saturated carbocycles. The van der Waals surface area contributed by atoms with Gasteiger partial charge in [-0.25, -0.2) is 0 Å². The number of furan rings is 1. The van der Waals surface area contributed by atoms with Crippen molar-refractivity contribution in [3.63, 3.8) is 0 Å². The number of aliphatic hydroxyl groups excluding tert-OH is 1. The lowest BCUT2D eigenvalue weighted by molar-refractivity contribution is -0.197. The standard InChI is InChI=1S/C28H42O7/c1-28(2,19-20-8-7-17-31-20)25(35-27-10-4-6-16-33-27)12-11-22-21(13-14-29)23(30)18-24(22)34-26-9-3-5-15-32-26/h7-8,11-12,14,17,21-27,30H,3-6,9-10,13,15-16,18-19H2,1-2H3/b12-11+. The van der Waals surface area contributed by atoms with Gasteiger partial charge in [-0.2, -0.15) is 0 Å². The summed E-state index contributed by atoms with van der Waals surface area (Å²) in [5, 5.41) is 10.8. The molecule has 0 spiro atoms. The predicted molar refractivity (Wildman–Crippen MR) is 131 cm³/mol. The molecule has 1 aliphatic carbocycles. The number of carbonyl (C=O) groups excluding carboxylic acids is 1. The van der Waals surface area contributed by atoms with Crippen molar-refractivity contribution < 1.29 is 33.3 Å². The fourth-order valence-electron chi connectivity index (χ4n) is 5.62. The van der Waals surface area contributed by atoms with Crippen LogP contribution in [0.1, 0.15) is 71.0 Å². The van der Waals surface area contributed by atoms with Gasteiger partial charge in [-0.1, -0.05) is 26.0 Å². The van der Waals surface area contributed by atoms with Gasteiger partial charge < -0.3 is 33.3 Å². The van der Waals surface area contributed by atoms with E-state index in [-0.39, 0.29) is 42.0 Å². The highest BCUT2D eigenvalue weighted by atomic mass is 16.7. The fraction of sp³-hybridized carbons (Fsp3) is 0.750. The van der Waals surface area contributed by atoms with Crippen LogP contribution in [0.25, 0.3) is 0 Å². The minimum Gasteiger partial charge on any atom is -0.469 e. The summed E-state index contributed by atoms with van der Waals surface area (Å²) in [5.41, 5.74) is -0.268. The van der Waals surface area contributed by atoms with Crippen LogP contribution in [0.5, 0.6) is 0 Å². The quantitative estimate of drug-likeness (QED) is 0.352. The lowest BCUT2D eigenvalue weighted by Crippen LogP contribution is -2.38. The summed E-state index contributed by atoms with van der Waals surface area (Å²) in [4.78, 5) is 11.4. The number of aliphatic hydroxyl groups is 1. The van der Waals surface area contributed by atoms with Crippen molar-refractivity contribution in [1.82, 2.24) is 0 Å². The second-order valence-corrected chi connectivity index (χ2v) is 10.9.